The van der Waals surface area contributed by atoms with Crippen LogP contribution < -0.4 is 5.32 Å². The van der Waals surface area contributed by atoms with Crippen LogP contribution in [-0.2, 0) is 9.59 Å². The summed E-state index contributed by atoms with van der Waals surface area (Å²) in [6, 6.07) is 9.80. The first-order valence-corrected chi connectivity index (χ1v) is 8.95. The lowest BCUT2D eigenvalue weighted by molar-refractivity contribution is -0.145. The Labute approximate surface area is 154 Å². The van der Waals surface area contributed by atoms with Crippen molar-refractivity contribution in [2.75, 3.05) is 18.4 Å². The molecule has 1 atom stereocenters. The van der Waals surface area contributed by atoms with Gasteiger partial charge < -0.3 is 15.3 Å². The van der Waals surface area contributed by atoms with E-state index in [-0.39, 0.29) is 11.5 Å². The fourth-order valence-corrected chi connectivity index (χ4v) is 3.07. The van der Waals surface area contributed by atoms with Crippen molar-refractivity contribution in [1.29, 1.82) is 5.26 Å². The molecule has 0 saturated carbocycles. The minimum absolute atomic E-state index is 0.0257. The second-order valence-corrected chi connectivity index (χ2v) is 6.62. The summed E-state index contributed by atoms with van der Waals surface area (Å²) >= 11 is 0. The summed E-state index contributed by atoms with van der Waals surface area (Å²) in [5, 5.41) is 21.5. The molecule has 2 rings (SSSR count). The van der Waals surface area contributed by atoms with Crippen LogP contribution in [0.15, 0.2) is 36.0 Å². The first-order chi connectivity index (χ1) is 12.5. The van der Waals surface area contributed by atoms with Crippen molar-refractivity contribution in [3.8, 4) is 6.07 Å². The highest BCUT2D eigenvalue weighted by atomic mass is 16.4. The Morgan fingerprint density at radius 2 is 2.04 bits per heavy atom. The van der Waals surface area contributed by atoms with E-state index in [1.165, 1.54) is 6.20 Å². The Morgan fingerprint density at radius 3 is 2.62 bits per heavy atom. The van der Waals surface area contributed by atoms with Crippen LogP contribution >= 0.6 is 0 Å². The van der Waals surface area contributed by atoms with Crippen molar-refractivity contribution in [3.63, 3.8) is 0 Å². The molecule has 1 amide bonds. The van der Waals surface area contributed by atoms with Gasteiger partial charge in [0.25, 0.3) is 5.91 Å². The summed E-state index contributed by atoms with van der Waals surface area (Å²) in [5.74, 6) is -1.22. The number of carboxylic acid groups (broad SMARTS) is 1. The van der Waals surface area contributed by atoms with Gasteiger partial charge in [0, 0.05) is 25.0 Å². The summed E-state index contributed by atoms with van der Waals surface area (Å²) in [5.41, 5.74) is 2.04. The van der Waals surface area contributed by atoms with Gasteiger partial charge in [0.1, 0.15) is 11.6 Å². The Balaban J connectivity index is 2.08. The molecule has 6 heteroatoms. The molecule has 1 aliphatic rings. The molecule has 1 unspecified atom stereocenters. The molecule has 0 radical (unpaired) electrons. The molecule has 0 aliphatic carbocycles. The van der Waals surface area contributed by atoms with E-state index < -0.39 is 11.9 Å². The number of nitriles is 1. The van der Waals surface area contributed by atoms with Crippen LogP contribution in [0.4, 0.5) is 5.69 Å². The molecule has 1 aromatic rings. The van der Waals surface area contributed by atoms with Crippen molar-refractivity contribution in [2.24, 2.45) is 5.92 Å². The number of carbonyl (C=O) groups is 2. The highest BCUT2D eigenvalue weighted by Gasteiger charge is 2.28. The number of nitrogens with zero attached hydrogens (tertiary/aromatic N) is 2. The maximum atomic E-state index is 12.5. The van der Waals surface area contributed by atoms with E-state index in [0.29, 0.717) is 31.8 Å². The third-order valence-electron chi connectivity index (χ3n) is 4.96. The average molecular weight is 355 g/mol. The molecule has 1 heterocycles. The molecule has 0 aromatic heterocycles. The quantitative estimate of drug-likeness (QED) is 0.603. The molecule has 26 heavy (non-hydrogen) atoms. The number of benzene rings is 1. The number of amides is 1. The van der Waals surface area contributed by atoms with Gasteiger partial charge in [-0.1, -0.05) is 32.0 Å². The minimum Gasteiger partial charge on any atom is -0.481 e. The molecule has 1 aromatic carbocycles. The van der Waals surface area contributed by atoms with Crippen molar-refractivity contribution < 1.29 is 14.7 Å². The van der Waals surface area contributed by atoms with Gasteiger partial charge in [-0.25, -0.2) is 0 Å². The first-order valence-electron chi connectivity index (χ1n) is 8.95. The average Bonchev–Trinajstić information content (AvgIpc) is 2.68. The number of carbonyl (C=O) groups excluding carboxylic acids is 1. The number of rotatable bonds is 6. The van der Waals surface area contributed by atoms with Gasteiger partial charge in [0.15, 0.2) is 0 Å². The van der Waals surface area contributed by atoms with E-state index in [9.17, 15) is 14.9 Å². The molecule has 1 saturated heterocycles. The number of hydrogen-bond acceptors (Lipinski definition) is 4. The van der Waals surface area contributed by atoms with E-state index in [1.807, 2.05) is 30.3 Å². The topological polar surface area (TPSA) is 93.4 Å². The van der Waals surface area contributed by atoms with Crippen LogP contribution in [0, 0.1) is 17.2 Å². The zero-order valence-electron chi connectivity index (χ0n) is 15.2. The van der Waals surface area contributed by atoms with E-state index in [4.69, 9.17) is 5.11 Å². The van der Waals surface area contributed by atoms with Crippen molar-refractivity contribution >= 4 is 17.6 Å². The van der Waals surface area contributed by atoms with Gasteiger partial charge >= 0.3 is 5.97 Å². The van der Waals surface area contributed by atoms with Crippen LogP contribution in [-0.4, -0.2) is 35.0 Å². The van der Waals surface area contributed by atoms with Gasteiger partial charge in [-0.2, -0.15) is 5.26 Å². The van der Waals surface area contributed by atoms with E-state index >= 15 is 0 Å². The number of aliphatic carboxylic acids is 1. The Kier molecular flexibility index (Phi) is 6.79. The highest BCUT2D eigenvalue weighted by Crippen LogP contribution is 2.26. The largest absolute Gasteiger partial charge is 0.481 e. The smallest absolute Gasteiger partial charge is 0.306 e. The second kappa shape index (κ2) is 9.04. The molecular weight excluding hydrogens is 330 g/mol. The van der Waals surface area contributed by atoms with Crippen LogP contribution in [0.3, 0.4) is 0 Å². The SMILES string of the molecule is CCC(C)c1ccccc1N/C=C(/C#N)C(=O)N1CCC(C(=O)O)CC1. The fourth-order valence-electron chi connectivity index (χ4n) is 3.07. The number of anilines is 1. The lowest BCUT2D eigenvalue weighted by atomic mass is 9.96. The molecule has 138 valence electrons. The molecule has 1 aliphatic heterocycles. The monoisotopic (exact) mass is 355 g/mol. The Bertz CT molecular complexity index is 728. The Hall–Kier alpha value is -2.81. The molecule has 0 bridgehead atoms. The summed E-state index contributed by atoms with van der Waals surface area (Å²) in [7, 11) is 0. The third kappa shape index (κ3) is 4.63. The van der Waals surface area contributed by atoms with Gasteiger partial charge in [-0.3, -0.25) is 9.59 Å². The number of likely N-dealkylation sites (tertiary alicyclic amines) is 1. The summed E-state index contributed by atoms with van der Waals surface area (Å²) in [6.45, 7) is 4.96. The zero-order chi connectivity index (χ0) is 19.1. The third-order valence-corrected chi connectivity index (χ3v) is 4.96. The lowest BCUT2D eigenvalue weighted by Crippen LogP contribution is -2.40. The number of piperidine rings is 1. The number of carboxylic acids is 1. The summed E-state index contributed by atoms with van der Waals surface area (Å²) < 4.78 is 0. The Morgan fingerprint density at radius 1 is 1.38 bits per heavy atom. The molecule has 2 N–H and O–H groups in total. The van der Waals surface area contributed by atoms with Gasteiger partial charge in [0.05, 0.1) is 5.92 Å². The number of hydrogen-bond donors (Lipinski definition) is 2. The van der Waals surface area contributed by atoms with Crippen LogP contribution in [0.5, 0.6) is 0 Å². The normalized spacial score (nSPS) is 16.7. The maximum absolute atomic E-state index is 12.5. The number of para-hydroxylation sites is 1. The number of nitrogens with one attached hydrogen (secondary N) is 1. The second-order valence-electron chi connectivity index (χ2n) is 6.62. The van der Waals surface area contributed by atoms with Gasteiger partial charge in [-0.15, -0.1) is 0 Å². The standard InChI is InChI=1S/C20H25N3O3/c1-3-14(2)17-6-4-5-7-18(17)22-13-16(12-21)19(24)23-10-8-15(9-11-23)20(25)26/h4-7,13-15,22H,3,8-11H2,1-2H3,(H,25,26)/b16-13-. The summed E-state index contributed by atoms with van der Waals surface area (Å²) in [6.07, 6.45) is 3.28. The highest BCUT2D eigenvalue weighted by molar-refractivity contribution is 5.97. The van der Waals surface area contributed by atoms with Crippen molar-refractivity contribution in [1.82, 2.24) is 4.90 Å². The molecule has 0 spiro atoms. The van der Waals surface area contributed by atoms with Gasteiger partial charge in [-0.05, 0) is 36.8 Å². The van der Waals surface area contributed by atoms with Crippen molar-refractivity contribution in [2.45, 2.75) is 39.0 Å². The minimum atomic E-state index is -0.823. The first kappa shape index (κ1) is 19.5. The van der Waals surface area contributed by atoms with E-state index in [1.54, 1.807) is 4.90 Å². The lowest BCUT2D eigenvalue weighted by Gasteiger charge is -2.29. The van der Waals surface area contributed by atoms with Crippen molar-refractivity contribution in [3.05, 3.63) is 41.6 Å². The maximum Gasteiger partial charge on any atom is 0.306 e. The van der Waals surface area contributed by atoms with Crippen LogP contribution in [0.25, 0.3) is 0 Å². The molecular formula is C20H25N3O3. The molecule has 6 nitrogen and oxygen atoms in total. The van der Waals surface area contributed by atoms with E-state index in [0.717, 1.165) is 17.7 Å². The predicted octanol–water partition coefficient (Wildman–Crippen LogP) is 3.34. The van der Waals surface area contributed by atoms with Crippen LogP contribution in [0.1, 0.15) is 44.6 Å². The van der Waals surface area contributed by atoms with Gasteiger partial charge in [0.2, 0.25) is 0 Å². The summed E-state index contributed by atoms with van der Waals surface area (Å²) in [4.78, 5) is 25.1. The van der Waals surface area contributed by atoms with Crippen LogP contribution in [0.2, 0.25) is 0 Å². The zero-order valence-corrected chi connectivity index (χ0v) is 15.2. The fraction of sp³-hybridized carbons (Fsp3) is 0.450. The predicted molar refractivity (Wildman–Crippen MR) is 99.4 cm³/mol. The molecule has 1 fully saturated rings. The van der Waals surface area contributed by atoms with E-state index in [2.05, 4.69) is 19.2 Å².